The van der Waals surface area contributed by atoms with Gasteiger partial charge in [-0.1, -0.05) is 17.3 Å². The van der Waals surface area contributed by atoms with Gasteiger partial charge in [0, 0.05) is 12.5 Å². The minimum atomic E-state index is -0.572. The number of amides is 1. The third kappa shape index (κ3) is 4.49. The van der Waals surface area contributed by atoms with Crippen LogP contribution in [0.4, 0.5) is 0 Å². The predicted octanol–water partition coefficient (Wildman–Crippen LogP) is 2.01. The van der Waals surface area contributed by atoms with E-state index in [0.29, 0.717) is 24.4 Å². The number of benzene rings is 1. The molecule has 1 aliphatic heterocycles. The molecule has 0 unspecified atom stereocenters. The molecule has 1 fully saturated rings. The van der Waals surface area contributed by atoms with E-state index < -0.39 is 11.5 Å². The lowest BCUT2D eigenvalue weighted by Gasteiger charge is -2.21. The zero-order valence-corrected chi connectivity index (χ0v) is 17.0. The van der Waals surface area contributed by atoms with Crippen molar-refractivity contribution in [1.82, 2.24) is 25.6 Å². The summed E-state index contributed by atoms with van der Waals surface area (Å²) in [6, 6.07) is 9.46. The van der Waals surface area contributed by atoms with Crippen molar-refractivity contribution in [3.63, 3.8) is 0 Å². The summed E-state index contributed by atoms with van der Waals surface area (Å²) >= 11 is 0. The minimum absolute atomic E-state index is 0. The number of aryl methyl sites for hydroxylation is 1. The molecule has 0 bridgehead atoms. The third-order valence-electron chi connectivity index (χ3n) is 5.17. The molecule has 29 heavy (non-hydrogen) atoms. The molecule has 8 nitrogen and oxygen atoms in total. The van der Waals surface area contributed by atoms with Crippen LogP contribution in [0.1, 0.15) is 40.4 Å². The highest BCUT2D eigenvalue weighted by atomic mass is 35.5. The van der Waals surface area contributed by atoms with E-state index in [9.17, 15) is 9.59 Å². The second-order valence-electron chi connectivity index (χ2n) is 7.08. The number of carbonyl (C=O) groups is 1. The van der Waals surface area contributed by atoms with Gasteiger partial charge in [-0.3, -0.25) is 4.79 Å². The maximum Gasteiger partial charge on any atom is 0.349 e. The van der Waals surface area contributed by atoms with Gasteiger partial charge in [-0.25, -0.2) is 9.48 Å². The Hall–Kier alpha value is -2.71. The minimum Gasteiger partial charge on any atom is -0.427 e. The number of nitrogens with one attached hydrogen (secondary N) is 2. The fourth-order valence-electron chi connectivity index (χ4n) is 3.66. The van der Waals surface area contributed by atoms with Crippen molar-refractivity contribution < 1.29 is 9.21 Å². The van der Waals surface area contributed by atoms with Crippen molar-refractivity contribution in [3.05, 3.63) is 57.6 Å². The van der Waals surface area contributed by atoms with Crippen molar-refractivity contribution in [2.24, 2.45) is 0 Å². The van der Waals surface area contributed by atoms with Gasteiger partial charge >= 0.3 is 5.63 Å². The first-order valence-electron chi connectivity index (χ1n) is 9.55. The summed E-state index contributed by atoms with van der Waals surface area (Å²) in [5.41, 5.74) is 1.85. The lowest BCUT2D eigenvalue weighted by Crippen LogP contribution is -2.32. The number of hydrogen-bond acceptors (Lipinski definition) is 6. The molecule has 1 aromatic carbocycles. The zero-order valence-electron chi connectivity index (χ0n) is 16.2. The summed E-state index contributed by atoms with van der Waals surface area (Å²) in [5, 5.41) is 14.3. The lowest BCUT2D eigenvalue weighted by atomic mass is 9.94. The van der Waals surface area contributed by atoms with Crippen molar-refractivity contribution in [1.29, 1.82) is 0 Å². The van der Waals surface area contributed by atoms with Crippen LogP contribution < -0.4 is 16.3 Å². The van der Waals surface area contributed by atoms with Crippen molar-refractivity contribution >= 4 is 29.3 Å². The van der Waals surface area contributed by atoms with E-state index in [0.717, 1.165) is 37.0 Å². The molecule has 3 heterocycles. The third-order valence-corrected chi connectivity index (χ3v) is 5.17. The highest BCUT2D eigenvalue weighted by Gasteiger charge is 2.22. The fraction of sp³-hybridized carbons (Fsp3) is 0.400. The Morgan fingerprint density at radius 2 is 2.07 bits per heavy atom. The van der Waals surface area contributed by atoms with Crippen LogP contribution in [0.3, 0.4) is 0 Å². The number of hydrogen-bond donors (Lipinski definition) is 2. The summed E-state index contributed by atoms with van der Waals surface area (Å²) in [6.45, 7) is 4.39. The second-order valence-corrected chi connectivity index (χ2v) is 7.08. The predicted molar refractivity (Wildman–Crippen MR) is 112 cm³/mol. The molecular formula is C20H24ClN5O3. The molecule has 0 aliphatic carbocycles. The number of carbonyl (C=O) groups excluding carboxylic acids is 1. The average molecular weight is 418 g/mol. The van der Waals surface area contributed by atoms with E-state index >= 15 is 0 Å². The molecule has 0 radical (unpaired) electrons. The summed E-state index contributed by atoms with van der Waals surface area (Å²) in [6.07, 6.45) is 1.86. The smallest absolute Gasteiger partial charge is 0.349 e. The standard InChI is InChI=1S/C20H23N5O3.ClH/c1-13-12-17(14-6-8-21-9-7-14)28-20(27)18(13)19(26)22-10-11-25-16-5-3-2-4-15(16)23-24-25;/h2-5,12,14,21H,6-11H2,1H3,(H,22,26);1H. The molecule has 9 heteroatoms. The summed E-state index contributed by atoms with van der Waals surface area (Å²) in [4.78, 5) is 25.0. The molecule has 0 atom stereocenters. The SMILES string of the molecule is Cc1cc(C2CCNCC2)oc(=O)c1C(=O)NCCn1nnc2ccccc21.Cl. The van der Waals surface area contributed by atoms with Gasteiger partial charge in [0.2, 0.25) is 0 Å². The van der Waals surface area contributed by atoms with E-state index in [-0.39, 0.29) is 23.9 Å². The molecule has 1 amide bonds. The van der Waals surface area contributed by atoms with Crippen molar-refractivity contribution in [2.45, 2.75) is 32.2 Å². The molecule has 0 spiro atoms. The first-order chi connectivity index (χ1) is 13.6. The molecule has 1 aliphatic rings. The maximum atomic E-state index is 12.5. The van der Waals surface area contributed by atoms with Crippen LogP contribution in [0.2, 0.25) is 0 Å². The molecule has 4 rings (SSSR count). The Morgan fingerprint density at radius 3 is 2.83 bits per heavy atom. The molecular weight excluding hydrogens is 394 g/mol. The molecule has 2 aromatic heterocycles. The van der Waals surface area contributed by atoms with Gasteiger partial charge in [-0.05, 0) is 56.6 Å². The topological polar surface area (TPSA) is 102 Å². The Bertz CT molecular complexity index is 1060. The molecule has 1 saturated heterocycles. The number of rotatable bonds is 5. The van der Waals surface area contributed by atoms with Gasteiger partial charge in [-0.2, -0.15) is 0 Å². The number of aromatic nitrogens is 3. The average Bonchev–Trinajstić information content (AvgIpc) is 3.11. The van der Waals surface area contributed by atoms with Crippen LogP contribution in [-0.4, -0.2) is 40.5 Å². The largest absolute Gasteiger partial charge is 0.427 e. The van der Waals surface area contributed by atoms with E-state index in [1.165, 1.54) is 0 Å². The molecule has 2 N–H and O–H groups in total. The summed E-state index contributed by atoms with van der Waals surface area (Å²) in [7, 11) is 0. The van der Waals surface area contributed by atoms with E-state index in [4.69, 9.17) is 4.42 Å². The Morgan fingerprint density at radius 1 is 1.31 bits per heavy atom. The highest BCUT2D eigenvalue weighted by Crippen LogP contribution is 2.25. The zero-order chi connectivity index (χ0) is 19.5. The van der Waals surface area contributed by atoms with Gasteiger partial charge in [-0.15, -0.1) is 17.5 Å². The first kappa shape index (κ1) is 21.0. The Kier molecular flexibility index (Phi) is 6.66. The van der Waals surface area contributed by atoms with Gasteiger partial charge in [0.1, 0.15) is 16.8 Å². The number of fused-ring (bicyclic) bond motifs is 1. The number of piperidine rings is 1. The normalized spacial score (nSPS) is 14.5. The number of halogens is 1. The summed E-state index contributed by atoms with van der Waals surface area (Å²) in [5.74, 6) is 0.479. The van der Waals surface area contributed by atoms with Gasteiger partial charge in [0.25, 0.3) is 5.91 Å². The van der Waals surface area contributed by atoms with E-state index in [2.05, 4.69) is 20.9 Å². The molecule has 154 valence electrons. The molecule has 0 saturated carbocycles. The van der Waals surface area contributed by atoms with Crippen LogP contribution in [0, 0.1) is 6.92 Å². The van der Waals surface area contributed by atoms with Crippen LogP contribution >= 0.6 is 12.4 Å². The Balaban J connectivity index is 0.00000240. The first-order valence-corrected chi connectivity index (χ1v) is 9.55. The monoisotopic (exact) mass is 417 g/mol. The quantitative estimate of drug-likeness (QED) is 0.658. The van der Waals surface area contributed by atoms with Gasteiger partial charge < -0.3 is 15.1 Å². The second kappa shape index (κ2) is 9.19. The highest BCUT2D eigenvalue weighted by molar-refractivity contribution is 5.95. The van der Waals surface area contributed by atoms with E-state index in [1.807, 2.05) is 30.3 Å². The Labute approximate surface area is 174 Å². The fourth-order valence-corrected chi connectivity index (χ4v) is 3.66. The van der Waals surface area contributed by atoms with E-state index in [1.54, 1.807) is 11.6 Å². The van der Waals surface area contributed by atoms with Gasteiger partial charge in [0.15, 0.2) is 0 Å². The maximum absolute atomic E-state index is 12.5. The lowest BCUT2D eigenvalue weighted by molar-refractivity contribution is 0.0946. The summed E-state index contributed by atoms with van der Waals surface area (Å²) < 4.78 is 7.22. The van der Waals surface area contributed by atoms with Gasteiger partial charge in [0.05, 0.1) is 12.1 Å². The van der Waals surface area contributed by atoms with Crippen LogP contribution in [-0.2, 0) is 6.54 Å². The number of para-hydroxylation sites is 1. The van der Waals surface area contributed by atoms with Crippen LogP contribution in [0.15, 0.2) is 39.5 Å². The van der Waals surface area contributed by atoms with Crippen molar-refractivity contribution in [3.8, 4) is 0 Å². The number of nitrogens with zero attached hydrogens (tertiary/aromatic N) is 3. The van der Waals surface area contributed by atoms with Crippen molar-refractivity contribution in [2.75, 3.05) is 19.6 Å². The van der Waals surface area contributed by atoms with Crippen LogP contribution in [0.5, 0.6) is 0 Å². The van der Waals surface area contributed by atoms with Crippen LogP contribution in [0.25, 0.3) is 11.0 Å². The molecule has 3 aromatic rings.